The number of hydrogen-bond acceptors (Lipinski definition) is 3. The molecule has 4 nitrogen and oxygen atoms in total. The van der Waals surface area contributed by atoms with Gasteiger partial charge in [0.15, 0.2) is 0 Å². The Hall–Kier alpha value is -2.66. The summed E-state index contributed by atoms with van der Waals surface area (Å²) in [5.41, 5.74) is 1.28. The van der Waals surface area contributed by atoms with Gasteiger partial charge in [-0.2, -0.15) is 0 Å². The van der Waals surface area contributed by atoms with Crippen molar-refractivity contribution in [3.8, 4) is 11.5 Å². The Morgan fingerprint density at radius 2 is 1.74 bits per heavy atom. The standard InChI is InChI=1S/C18H13BrN2O2/c19-17-6-2-1-5-16(17)18(22)21-13-7-9-14(10-8-13)23-15-4-3-11-20-12-15/h1-12H,(H,21,22). The minimum Gasteiger partial charge on any atom is -0.456 e. The molecular weight excluding hydrogens is 356 g/mol. The van der Waals surface area contributed by atoms with Crippen molar-refractivity contribution in [2.24, 2.45) is 0 Å². The molecule has 0 unspecified atom stereocenters. The van der Waals surface area contributed by atoms with Crippen LogP contribution in [0.4, 0.5) is 5.69 Å². The summed E-state index contributed by atoms with van der Waals surface area (Å²) in [5.74, 6) is 1.17. The molecule has 3 rings (SSSR count). The molecule has 0 saturated carbocycles. The Labute approximate surface area is 142 Å². The second-order valence-electron chi connectivity index (χ2n) is 4.75. The van der Waals surface area contributed by atoms with Crippen LogP contribution in [0.1, 0.15) is 10.4 Å². The van der Waals surface area contributed by atoms with Crippen molar-refractivity contribution in [1.82, 2.24) is 4.98 Å². The lowest BCUT2D eigenvalue weighted by Gasteiger charge is -2.08. The Balaban J connectivity index is 1.68. The fraction of sp³-hybridized carbons (Fsp3) is 0. The van der Waals surface area contributed by atoms with Gasteiger partial charge in [0.2, 0.25) is 0 Å². The van der Waals surface area contributed by atoms with Crippen molar-refractivity contribution in [3.63, 3.8) is 0 Å². The van der Waals surface area contributed by atoms with Crippen molar-refractivity contribution in [2.45, 2.75) is 0 Å². The fourth-order valence-electron chi connectivity index (χ4n) is 1.99. The van der Waals surface area contributed by atoms with Crippen molar-refractivity contribution in [3.05, 3.63) is 83.1 Å². The number of benzene rings is 2. The van der Waals surface area contributed by atoms with Crippen LogP contribution in [0.15, 0.2) is 77.5 Å². The van der Waals surface area contributed by atoms with E-state index in [0.29, 0.717) is 22.7 Å². The summed E-state index contributed by atoms with van der Waals surface area (Å²) in [6, 6.07) is 18.1. The molecule has 114 valence electrons. The highest BCUT2D eigenvalue weighted by atomic mass is 79.9. The lowest BCUT2D eigenvalue weighted by atomic mass is 10.2. The highest BCUT2D eigenvalue weighted by Crippen LogP contribution is 2.23. The van der Waals surface area contributed by atoms with Crippen molar-refractivity contribution < 1.29 is 9.53 Å². The van der Waals surface area contributed by atoms with Crippen LogP contribution in [0.25, 0.3) is 0 Å². The van der Waals surface area contributed by atoms with E-state index in [0.717, 1.165) is 4.47 Å². The number of halogens is 1. The van der Waals surface area contributed by atoms with E-state index in [1.54, 1.807) is 42.7 Å². The van der Waals surface area contributed by atoms with Gasteiger partial charge in [0.05, 0.1) is 11.8 Å². The van der Waals surface area contributed by atoms with Crippen LogP contribution in [0, 0.1) is 0 Å². The van der Waals surface area contributed by atoms with Gasteiger partial charge < -0.3 is 10.1 Å². The van der Waals surface area contributed by atoms with E-state index in [4.69, 9.17) is 4.74 Å². The third-order valence-corrected chi connectivity index (χ3v) is 3.79. The third-order valence-electron chi connectivity index (χ3n) is 3.10. The Kier molecular flexibility index (Phi) is 4.68. The fourth-order valence-corrected chi connectivity index (χ4v) is 2.46. The summed E-state index contributed by atoms with van der Waals surface area (Å²) in [4.78, 5) is 16.2. The van der Waals surface area contributed by atoms with Gasteiger partial charge >= 0.3 is 0 Å². The van der Waals surface area contributed by atoms with Gasteiger partial charge in [0, 0.05) is 16.4 Å². The smallest absolute Gasteiger partial charge is 0.256 e. The van der Waals surface area contributed by atoms with Crippen LogP contribution in [-0.2, 0) is 0 Å². The number of nitrogens with one attached hydrogen (secondary N) is 1. The highest BCUT2D eigenvalue weighted by Gasteiger charge is 2.09. The first-order valence-corrected chi connectivity index (χ1v) is 7.75. The normalized spacial score (nSPS) is 10.1. The molecule has 3 aromatic rings. The first-order chi connectivity index (χ1) is 11.2. The molecule has 0 aliphatic heterocycles. The quantitative estimate of drug-likeness (QED) is 0.713. The Morgan fingerprint density at radius 1 is 0.957 bits per heavy atom. The van der Waals surface area contributed by atoms with Gasteiger partial charge in [0.25, 0.3) is 5.91 Å². The van der Waals surface area contributed by atoms with Gasteiger partial charge in [-0.3, -0.25) is 9.78 Å². The Bertz CT molecular complexity index is 805. The monoisotopic (exact) mass is 368 g/mol. The van der Waals surface area contributed by atoms with Crippen molar-refractivity contribution >= 4 is 27.5 Å². The molecule has 0 fully saturated rings. The second-order valence-corrected chi connectivity index (χ2v) is 5.60. The van der Waals surface area contributed by atoms with E-state index in [9.17, 15) is 4.79 Å². The van der Waals surface area contributed by atoms with Crippen LogP contribution < -0.4 is 10.1 Å². The van der Waals surface area contributed by atoms with E-state index < -0.39 is 0 Å². The minimum atomic E-state index is -0.168. The molecule has 5 heteroatoms. The lowest BCUT2D eigenvalue weighted by molar-refractivity contribution is 0.102. The third kappa shape index (κ3) is 3.96. The molecule has 1 N–H and O–H groups in total. The van der Waals surface area contributed by atoms with E-state index in [-0.39, 0.29) is 5.91 Å². The number of ether oxygens (including phenoxy) is 1. The van der Waals surface area contributed by atoms with Crippen molar-refractivity contribution in [1.29, 1.82) is 0 Å². The number of pyridine rings is 1. The molecule has 0 bridgehead atoms. The summed E-state index contributed by atoms with van der Waals surface area (Å²) < 4.78 is 6.42. The van der Waals surface area contributed by atoms with Crippen LogP contribution in [-0.4, -0.2) is 10.9 Å². The summed E-state index contributed by atoms with van der Waals surface area (Å²) in [6.45, 7) is 0. The van der Waals surface area contributed by atoms with E-state index in [2.05, 4.69) is 26.2 Å². The molecule has 0 saturated heterocycles. The SMILES string of the molecule is O=C(Nc1ccc(Oc2cccnc2)cc1)c1ccccc1Br. The van der Waals surface area contributed by atoms with E-state index in [1.807, 2.05) is 30.3 Å². The minimum absolute atomic E-state index is 0.168. The van der Waals surface area contributed by atoms with Crippen LogP contribution in [0.5, 0.6) is 11.5 Å². The van der Waals surface area contributed by atoms with Crippen LogP contribution in [0.2, 0.25) is 0 Å². The zero-order chi connectivity index (χ0) is 16.1. The average molecular weight is 369 g/mol. The molecule has 0 spiro atoms. The zero-order valence-corrected chi connectivity index (χ0v) is 13.7. The van der Waals surface area contributed by atoms with Crippen molar-refractivity contribution in [2.75, 3.05) is 5.32 Å². The number of aromatic nitrogens is 1. The van der Waals surface area contributed by atoms with Gasteiger partial charge in [-0.05, 0) is 64.5 Å². The number of anilines is 1. The maximum Gasteiger partial charge on any atom is 0.256 e. The highest BCUT2D eigenvalue weighted by molar-refractivity contribution is 9.10. The average Bonchev–Trinajstić information content (AvgIpc) is 2.58. The summed E-state index contributed by atoms with van der Waals surface area (Å²) >= 11 is 3.37. The number of nitrogens with zero attached hydrogens (tertiary/aromatic N) is 1. The van der Waals surface area contributed by atoms with Gasteiger partial charge in [-0.1, -0.05) is 12.1 Å². The molecular formula is C18H13BrN2O2. The summed E-state index contributed by atoms with van der Waals surface area (Å²) in [7, 11) is 0. The topological polar surface area (TPSA) is 51.2 Å². The van der Waals surface area contributed by atoms with Gasteiger partial charge in [0.1, 0.15) is 11.5 Å². The number of amides is 1. The molecule has 0 aliphatic rings. The molecule has 0 atom stereocenters. The van der Waals surface area contributed by atoms with Crippen LogP contribution >= 0.6 is 15.9 Å². The predicted octanol–water partition coefficient (Wildman–Crippen LogP) is 4.89. The predicted molar refractivity (Wildman–Crippen MR) is 92.8 cm³/mol. The van der Waals surface area contributed by atoms with Gasteiger partial charge in [-0.15, -0.1) is 0 Å². The second kappa shape index (κ2) is 7.07. The number of carbonyl (C=O) groups excluding carboxylic acids is 1. The lowest BCUT2D eigenvalue weighted by Crippen LogP contribution is -2.12. The molecule has 0 aliphatic carbocycles. The molecule has 2 aromatic carbocycles. The van der Waals surface area contributed by atoms with E-state index >= 15 is 0 Å². The van der Waals surface area contributed by atoms with Crippen LogP contribution in [0.3, 0.4) is 0 Å². The first kappa shape index (κ1) is 15.2. The first-order valence-electron chi connectivity index (χ1n) is 6.96. The molecule has 1 amide bonds. The Morgan fingerprint density at radius 3 is 2.43 bits per heavy atom. The molecule has 0 radical (unpaired) electrons. The summed E-state index contributed by atoms with van der Waals surface area (Å²) in [5, 5.41) is 2.85. The largest absolute Gasteiger partial charge is 0.456 e. The summed E-state index contributed by atoms with van der Waals surface area (Å²) in [6.07, 6.45) is 3.33. The maximum atomic E-state index is 12.2. The maximum absolute atomic E-state index is 12.2. The molecule has 23 heavy (non-hydrogen) atoms. The molecule has 1 aromatic heterocycles. The number of rotatable bonds is 4. The molecule has 1 heterocycles. The van der Waals surface area contributed by atoms with E-state index in [1.165, 1.54) is 0 Å². The zero-order valence-electron chi connectivity index (χ0n) is 12.1. The van der Waals surface area contributed by atoms with Gasteiger partial charge in [-0.25, -0.2) is 0 Å². The number of hydrogen-bond donors (Lipinski definition) is 1. The number of carbonyl (C=O) groups is 1.